The number of likely N-dealkylation sites (tertiary alicyclic amines) is 1. The number of fused-ring (bicyclic) bond motifs is 2. The second kappa shape index (κ2) is 16.2. The van der Waals surface area contributed by atoms with Crippen molar-refractivity contribution >= 4 is 56.9 Å². The third-order valence-corrected chi connectivity index (χ3v) is 11.5. The smallest absolute Gasteiger partial charge is 0.313 e. The SMILES string of the molecule is COC[C@@H]1NC(=O)CC/C=C\CN(c2ccc(Cl)cc2)C(=O)[C@H]2N([C@@H](CO)Cc3ccccc3)C(=O)[C@@H]3[C@@H](C(=O)O[C@H]1c1ccccc1)[C@@H]1O[C@@]32C=C1Br. The average molecular weight is 819 g/mol. The van der Waals surface area contributed by atoms with Crippen LogP contribution in [0.15, 0.2) is 108 Å². The van der Waals surface area contributed by atoms with Crippen molar-refractivity contribution in [3.8, 4) is 0 Å². The zero-order valence-corrected chi connectivity index (χ0v) is 31.9. The van der Waals surface area contributed by atoms with E-state index in [1.165, 1.54) is 16.9 Å². The fraction of sp³-hybridized carbons (Fsp3) is 0.366. The monoisotopic (exact) mass is 817 g/mol. The highest BCUT2D eigenvalue weighted by atomic mass is 79.9. The number of allylic oxidation sites excluding steroid dienone is 1. The minimum atomic E-state index is -1.59. The van der Waals surface area contributed by atoms with Gasteiger partial charge in [-0.15, -0.1) is 0 Å². The number of cyclic esters (lactones) is 1. The van der Waals surface area contributed by atoms with E-state index in [0.29, 0.717) is 27.2 Å². The van der Waals surface area contributed by atoms with Crippen LogP contribution in [0.3, 0.4) is 0 Å². The summed E-state index contributed by atoms with van der Waals surface area (Å²) in [6, 6.07) is 22.3. The van der Waals surface area contributed by atoms with Crippen LogP contribution in [0.1, 0.15) is 30.1 Å². The highest BCUT2D eigenvalue weighted by molar-refractivity contribution is 9.11. The number of aliphatic hydroxyl groups is 1. The van der Waals surface area contributed by atoms with Gasteiger partial charge in [0, 0.05) is 35.3 Å². The van der Waals surface area contributed by atoms with Crippen molar-refractivity contribution in [2.45, 2.75) is 55.2 Å². The second-order valence-corrected chi connectivity index (χ2v) is 15.3. The first-order valence-corrected chi connectivity index (χ1v) is 19.1. The number of methoxy groups -OCH3 is 1. The summed E-state index contributed by atoms with van der Waals surface area (Å²) in [7, 11) is 1.50. The van der Waals surface area contributed by atoms with Crippen molar-refractivity contribution in [1.82, 2.24) is 10.2 Å². The fourth-order valence-corrected chi connectivity index (χ4v) is 9.09. The number of carbonyl (C=O) groups excluding carboxylic acids is 4. The zero-order chi connectivity index (χ0) is 38.0. The van der Waals surface area contributed by atoms with E-state index in [4.69, 9.17) is 25.8 Å². The Morgan fingerprint density at radius 3 is 2.35 bits per heavy atom. The second-order valence-electron chi connectivity index (χ2n) is 13.9. The maximum absolute atomic E-state index is 15.3. The standard InChI is InChI=1S/C41H41BrClN3O8/c1-52-24-31-35(26-13-7-3-8-14-26)53-40(51)33-34-38(49)46(29(23-47)21-25-11-5-2-6-12-25)37(41(34)22-30(42)36(33)54-41)39(50)45(28-18-16-27(43)17-19-28)20-10-4-9-15-32(48)44-31/h2-8,10-14,16-19,22,29,31,33-37,47H,9,15,20-21,23-24H2,1H3,(H,44,48)/b10-4-/t29-,31+,33-,34+,35+,36-,37-,41+/m1/s1. The topological polar surface area (TPSA) is 135 Å². The van der Waals surface area contributed by atoms with Crippen LogP contribution in [0.25, 0.3) is 0 Å². The normalized spacial score (nSPS) is 29.7. The van der Waals surface area contributed by atoms with Gasteiger partial charge in [0.25, 0.3) is 5.91 Å². The minimum Gasteiger partial charge on any atom is -0.455 e. The molecular weight excluding hydrogens is 778 g/mol. The Hall–Kier alpha value is -4.33. The Morgan fingerprint density at radius 1 is 0.963 bits per heavy atom. The van der Waals surface area contributed by atoms with Crippen LogP contribution >= 0.6 is 27.5 Å². The zero-order valence-electron chi connectivity index (χ0n) is 29.6. The molecule has 1 spiro atoms. The molecule has 8 atom stereocenters. The number of benzene rings is 3. The molecule has 0 unspecified atom stereocenters. The lowest BCUT2D eigenvalue weighted by Crippen LogP contribution is -2.59. The number of hydrogen-bond acceptors (Lipinski definition) is 8. The molecule has 3 aromatic carbocycles. The first kappa shape index (κ1) is 38.0. The molecule has 0 saturated carbocycles. The molecule has 0 radical (unpaired) electrons. The summed E-state index contributed by atoms with van der Waals surface area (Å²) in [4.78, 5) is 61.3. The first-order chi connectivity index (χ1) is 26.2. The predicted molar refractivity (Wildman–Crippen MR) is 205 cm³/mol. The third kappa shape index (κ3) is 7.13. The van der Waals surface area contributed by atoms with E-state index in [9.17, 15) is 14.7 Å². The molecule has 4 aliphatic heterocycles. The van der Waals surface area contributed by atoms with E-state index in [-0.39, 0.29) is 31.9 Å². The minimum absolute atomic E-state index is 0.0347. The quantitative estimate of drug-likeness (QED) is 0.242. The van der Waals surface area contributed by atoms with Gasteiger partial charge in [0.05, 0.1) is 31.2 Å². The van der Waals surface area contributed by atoms with Gasteiger partial charge in [0.15, 0.2) is 0 Å². The lowest BCUT2D eigenvalue weighted by atomic mass is 9.74. The van der Waals surface area contributed by atoms with Crippen molar-refractivity contribution in [2.75, 3.05) is 31.8 Å². The summed E-state index contributed by atoms with van der Waals surface area (Å²) in [6.07, 6.45) is 4.17. The molecule has 2 N–H and O–H groups in total. The van der Waals surface area contributed by atoms with Gasteiger partial charge in [-0.1, -0.05) is 100 Å². The number of anilines is 1. The summed E-state index contributed by atoms with van der Waals surface area (Å²) in [5, 5.41) is 14.4. The Morgan fingerprint density at radius 2 is 1.67 bits per heavy atom. The summed E-state index contributed by atoms with van der Waals surface area (Å²) >= 11 is 9.87. The molecule has 2 saturated heterocycles. The van der Waals surface area contributed by atoms with E-state index >= 15 is 9.59 Å². The molecule has 0 aromatic heterocycles. The number of nitrogens with one attached hydrogen (secondary N) is 1. The maximum atomic E-state index is 15.3. The van der Waals surface area contributed by atoms with Gasteiger partial charge in [-0.25, -0.2) is 0 Å². The number of esters is 1. The molecule has 5 bridgehead atoms. The van der Waals surface area contributed by atoms with E-state index in [2.05, 4.69) is 21.2 Å². The summed E-state index contributed by atoms with van der Waals surface area (Å²) in [6.45, 7) is -0.328. The Kier molecular flexibility index (Phi) is 11.4. The van der Waals surface area contributed by atoms with E-state index in [0.717, 1.165) is 5.56 Å². The average Bonchev–Trinajstić information content (AvgIpc) is 3.78. The molecule has 11 nitrogen and oxygen atoms in total. The van der Waals surface area contributed by atoms with Gasteiger partial charge in [-0.05, 0) is 54.3 Å². The van der Waals surface area contributed by atoms with Crippen LogP contribution in [0, 0.1) is 11.8 Å². The molecule has 282 valence electrons. The molecular formula is C41H41BrClN3O8. The van der Waals surface area contributed by atoms with Gasteiger partial charge in [-0.3, -0.25) is 19.2 Å². The molecule has 7 rings (SSSR count). The van der Waals surface area contributed by atoms with Crippen molar-refractivity contribution < 1.29 is 38.5 Å². The number of carbonyl (C=O) groups is 4. The maximum Gasteiger partial charge on any atom is 0.313 e. The number of halogens is 2. The van der Waals surface area contributed by atoms with Crippen LogP contribution in [0.2, 0.25) is 5.02 Å². The highest BCUT2D eigenvalue weighted by Gasteiger charge is 2.75. The molecule has 4 aliphatic rings. The molecule has 2 fully saturated rings. The van der Waals surface area contributed by atoms with Crippen LogP contribution in [0.4, 0.5) is 5.69 Å². The molecule has 3 amide bonds. The first-order valence-electron chi connectivity index (χ1n) is 18.0. The van der Waals surface area contributed by atoms with Crippen molar-refractivity contribution in [3.05, 3.63) is 124 Å². The van der Waals surface area contributed by atoms with Crippen LogP contribution in [-0.4, -0.2) is 90.4 Å². The number of rotatable bonds is 8. The lowest BCUT2D eigenvalue weighted by Gasteiger charge is -2.38. The molecule has 13 heteroatoms. The number of nitrogens with zero attached hydrogens (tertiary/aromatic N) is 2. The largest absolute Gasteiger partial charge is 0.455 e. The van der Waals surface area contributed by atoms with Crippen LogP contribution < -0.4 is 10.2 Å². The molecule has 54 heavy (non-hydrogen) atoms. The summed E-state index contributed by atoms with van der Waals surface area (Å²) < 4.78 is 19.1. The third-order valence-electron chi connectivity index (χ3n) is 10.6. The van der Waals surface area contributed by atoms with Crippen LogP contribution in [0.5, 0.6) is 0 Å². The predicted octanol–water partition coefficient (Wildman–Crippen LogP) is 4.92. The molecule has 3 aromatic rings. The van der Waals surface area contributed by atoms with Crippen LogP contribution in [-0.2, 0) is 39.8 Å². The highest BCUT2D eigenvalue weighted by Crippen LogP contribution is 2.59. The number of aliphatic hydroxyl groups excluding tert-OH is 1. The van der Waals surface area contributed by atoms with E-state index < -0.39 is 72.2 Å². The van der Waals surface area contributed by atoms with Gasteiger partial charge in [0.1, 0.15) is 29.8 Å². The molecule has 0 aliphatic carbocycles. The van der Waals surface area contributed by atoms with E-state index in [1.54, 1.807) is 60.7 Å². The fourth-order valence-electron chi connectivity index (χ4n) is 8.23. The lowest BCUT2D eigenvalue weighted by molar-refractivity contribution is -0.162. The summed E-state index contributed by atoms with van der Waals surface area (Å²) in [5.74, 6) is -4.32. The Labute approximate surface area is 327 Å². The summed E-state index contributed by atoms with van der Waals surface area (Å²) in [5.41, 5.74) is 0.400. The van der Waals surface area contributed by atoms with E-state index in [1.807, 2.05) is 42.5 Å². The Bertz CT molecular complexity index is 1930. The Balaban J connectivity index is 1.37. The van der Waals surface area contributed by atoms with Gasteiger partial charge >= 0.3 is 5.97 Å². The van der Waals surface area contributed by atoms with Crippen molar-refractivity contribution in [1.29, 1.82) is 0 Å². The van der Waals surface area contributed by atoms with Crippen molar-refractivity contribution in [3.63, 3.8) is 0 Å². The van der Waals surface area contributed by atoms with Crippen molar-refractivity contribution in [2.24, 2.45) is 11.8 Å². The van der Waals surface area contributed by atoms with Gasteiger partial charge in [0.2, 0.25) is 11.8 Å². The number of hydrogen-bond donors (Lipinski definition) is 2. The number of ether oxygens (including phenoxy) is 3. The number of amides is 3. The van der Waals surface area contributed by atoms with Gasteiger partial charge in [-0.2, -0.15) is 0 Å². The molecule has 4 heterocycles. The van der Waals surface area contributed by atoms with Gasteiger partial charge < -0.3 is 34.4 Å².